The van der Waals surface area contributed by atoms with E-state index in [2.05, 4.69) is 29.8 Å². The monoisotopic (exact) mass is 266 g/mol. The molecule has 68 valence electrons. The number of hydrogen-bond donors (Lipinski definition) is 0. The smallest absolute Gasteiger partial charge is 0.226 e. The first kappa shape index (κ1) is 9.39. The van der Waals surface area contributed by atoms with Gasteiger partial charge < -0.3 is 4.42 Å². The van der Waals surface area contributed by atoms with E-state index in [1.54, 1.807) is 6.20 Å². The third-order valence-corrected chi connectivity index (χ3v) is 2.74. The second-order valence-corrected chi connectivity index (χ2v) is 4.06. The zero-order valence-electron chi connectivity index (χ0n) is 6.91. The molecule has 0 aliphatic rings. The Kier molecular flexibility index (Phi) is 2.37. The van der Waals surface area contributed by atoms with Crippen molar-refractivity contribution in [2.24, 2.45) is 0 Å². The van der Waals surface area contributed by atoms with E-state index < -0.39 is 0 Å². The van der Waals surface area contributed by atoms with E-state index in [0.29, 0.717) is 16.2 Å². The molecule has 0 spiro atoms. The minimum Gasteiger partial charge on any atom is -0.445 e. The van der Waals surface area contributed by atoms with Crippen LogP contribution in [0.4, 0.5) is 0 Å². The van der Waals surface area contributed by atoms with Crippen LogP contribution in [-0.4, -0.2) is 4.98 Å². The predicted molar refractivity (Wildman–Crippen MR) is 58.0 cm³/mol. The lowest BCUT2D eigenvalue weighted by atomic mass is 10.2. The van der Waals surface area contributed by atoms with Gasteiger partial charge in [-0.2, -0.15) is 5.26 Å². The van der Waals surface area contributed by atoms with Crippen LogP contribution in [0.2, 0.25) is 0 Å². The highest BCUT2D eigenvalue weighted by molar-refractivity contribution is 9.10. The number of fused-ring (bicyclic) bond motifs is 1. The Morgan fingerprint density at radius 1 is 1.57 bits per heavy atom. The van der Waals surface area contributed by atoms with Gasteiger partial charge in [0.15, 0.2) is 0 Å². The average Bonchev–Trinajstić information content (AvgIpc) is 2.20. The van der Waals surface area contributed by atoms with Gasteiger partial charge in [-0.25, -0.2) is 4.98 Å². The van der Waals surface area contributed by atoms with Crippen molar-refractivity contribution in [1.29, 1.82) is 5.26 Å². The molecule has 0 radical (unpaired) electrons. The SMILES string of the molecule is N#Cc1coc2ncc(Br)cc2c1=P. The number of hydrogen-bond acceptors (Lipinski definition) is 3. The summed E-state index contributed by atoms with van der Waals surface area (Å²) in [5.41, 5.74) is 0.950. The molecule has 0 atom stereocenters. The molecule has 3 nitrogen and oxygen atoms in total. The summed E-state index contributed by atoms with van der Waals surface area (Å²) in [6, 6.07) is 3.86. The number of nitriles is 1. The van der Waals surface area contributed by atoms with E-state index in [9.17, 15) is 0 Å². The molecule has 2 heterocycles. The number of rotatable bonds is 0. The van der Waals surface area contributed by atoms with E-state index in [1.807, 2.05) is 12.1 Å². The van der Waals surface area contributed by atoms with Crippen LogP contribution in [0.1, 0.15) is 5.56 Å². The molecule has 5 heteroatoms. The fourth-order valence-electron chi connectivity index (χ4n) is 1.10. The normalized spacial score (nSPS) is 10.0. The maximum absolute atomic E-state index is 8.77. The van der Waals surface area contributed by atoms with Gasteiger partial charge in [0.2, 0.25) is 5.71 Å². The summed E-state index contributed by atoms with van der Waals surface area (Å²) in [5.74, 6) is 0. The maximum atomic E-state index is 8.77. The first-order valence-electron chi connectivity index (χ1n) is 3.74. The van der Waals surface area contributed by atoms with Crippen LogP contribution in [0.15, 0.2) is 27.4 Å². The van der Waals surface area contributed by atoms with Crippen molar-refractivity contribution in [3.05, 3.63) is 33.5 Å². The molecule has 0 N–H and O–H groups in total. The standard InChI is InChI=1S/C9H4BrN2OP/c10-6-1-7-8(14)5(2-11)4-13-9(7)12-3-6/h1,3-4,14H. The topological polar surface area (TPSA) is 49.8 Å². The molecule has 0 bridgehead atoms. The molecule has 2 aromatic rings. The van der Waals surface area contributed by atoms with Gasteiger partial charge in [0.05, 0.1) is 10.9 Å². The largest absolute Gasteiger partial charge is 0.445 e. The molecule has 0 aromatic carbocycles. The Hall–Kier alpha value is -1.17. The number of nitrogens with zero attached hydrogens (tertiary/aromatic N) is 2. The third-order valence-electron chi connectivity index (χ3n) is 1.77. The predicted octanol–water partition coefficient (Wildman–Crippen LogP) is 3.14. The lowest BCUT2D eigenvalue weighted by Gasteiger charge is -1.98. The van der Waals surface area contributed by atoms with Gasteiger partial charge in [-0.05, 0) is 22.0 Å². The zero-order chi connectivity index (χ0) is 10.1. The van der Waals surface area contributed by atoms with Crippen molar-refractivity contribution in [1.82, 2.24) is 4.98 Å². The molecular weight excluding hydrogens is 263 g/mol. The van der Waals surface area contributed by atoms with E-state index >= 15 is 0 Å². The molecule has 0 unspecified atom stereocenters. The van der Waals surface area contributed by atoms with Crippen molar-refractivity contribution in [2.45, 2.75) is 0 Å². The Morgan fingerprint density at radius 3 is 3.07 bits per heavy atom. The number of halogens is 1. The molecule has 0 saturated heterocycles. The van der Waals surface area contributed by atoms with Crippen LogP contribution >= 0.6 is 24.8 Å². The van der Waals surface area contributed by atoms with Crippen LogP contribution < -0.4 is 0 Å². The van der Waals surface area contributed by atoms with Crippen LogP contribution in [0.3, 0.4) is 0 Å². The van der Waals surface area contributed by atoms with Crippen LogP contribution in [0, 0.1) is 16.3 Å². The van der Waals surface area contributed by atoms with E-state index in [0.717, 1.165) is 9.86 Å². The van der Waals surface area contributed by atoms with Gasteiger partial charge >= 0.3 is 0 Å². The lowest BCUT2D eigenvalue weighted by Crippen LogP contribution is -1.83. The lowest BCUT2D eigenvalue weighted by molar-refractivity contribution is 0.588. The minimum absolute atomic E-state index is 0.453. The van der Waals surface area contributed by atoms with Crippen molar-refractivity contribution in [3.63, 3.8) is 0 Å². The van der Waals surface area contributed by atoms with Gasteiger partial charge in [0.1, 0.15) is 12.3 Å². The van der Waals surface area contributed by atoms with Crippen molar-refractivity contribution in [2.75, 3.05) is 0 Å². The maximum Gasteiger partial charge on any atom is 0.226 e. The van der Waals surface area contributed by atoms with Crippen LogP contribution in [0.25, 0.3) is 11.1 Å². The molecule has 0 aliphatic carbocycles. The van der Waals surface area contributed by atoms with Crippen molar-refractivity contribution < 1.29 is 4.42 Å². The summed E-state index contributed by atoms with van der Waals surface area (Å²) >= 11 is 3.30. The molecule has 0 aliphatic heterocycles. The summed E-state index contributed by atoms with van der Waals surface area (Å²) in [7, 11) is 3.39. The van der Waals surface area contributed by atoms with Gasteiger partial charge in [-0.15, -0.1) is 8.86 Å². The first-order chi connectivity index (χ1) is 6.72. The quantitative estimate of drug-likeness (QED) is 0.689. The average molecular weight is 267 g/mol. The van der Waals surface area contributed by atoms with Gasteiger partial charge in [0.25, 0.3) is 0 Å². The molecular formula is C9H4BrN2OP. The van der Waals surface area contributed by atoms with Gasteiger partial charge in [-0.3, -0.25) is 0 Å². The highest BCUT2D eigenvalue weighted by atomic mass is 79.9. The zero-order valence-corrected chi connectivity index (χ0v) is 9.50. The second-order valence-electron chi connectivity index (χ2n) is 2.64. The fourth-order valence-corrected chi connectivity index (χ4v) is 1.73. The summed E-state index contributed by atoms with van der Waals surface area (Å²) < 4.78 is 6.03. The van der Waals surface area contributed by atoms with Gasteiger partial charge in [0, 0.05) is 15.6 Å². The van der Waals surface area contributed by atoms with Crippen LogP contribution in [0.5, 0.6) is 0 Å². The van der Waals surface area contributed by atoms with Crippen molar-refractivity contribution in [3.8, 4) is 6.07 Å². The summed E-state index contributed by atoms with van der Waals surface area (Å²) in [6.07, 6.45) is 3.02. The Morgan fingerprint density at radius 2 is 2.36 bits per heavy atom. The van der Waals surface area contributed by atoms with Crippen LogP contribution in [-0.2, 0) is 0 Å². The third kappa shape index (κ3) is 1.45. The fraction of sp³-hybridized carbons (Fsp3) is 0. The van der Waals surface area contributed by atoms with E-state index in [4.69, 9.17) is 9.68 Å². The van der Waals surface area contributed by atoms with E-state index in [-0.39, 0.29) is 0 Å². The molecule has 0 fully saturated rings. The number of aromatic nitrogens is 1. The Balaban J connectivity index is 2.96. The minimum atomic E-state index is 0.453. The molecule has 14 heavy (non-hydrogen) atoms. The first-order valence-corrected chi connectivity index (χ1v) is 5.03. The highest BCUT2D eigenvalue weighted by Gasteiger charge is 2.03. The highest BCUT2D eigenvalue weighted by Crippen LogP contribution is 2.20. The Bertz CT molecular complexity index is 600. The van der Waals surface area contributed by atoms with Crippen molar-refractivity contribution >= 4 is 35.9 Å². The summed E-state index contributed by atoms with van der Waals surface area (Å²) in [4.78, 5) is 4.76. The van der Waals surface area contributed by atoms with E-state index in [1.165, 1.54) is 6.26 Å². The molecule has 2 aromatic heterocycles. The molecule has 0 saturated carbocycles. The number of pyridine rings is 1. The second kappa shape index (κ2) is 3.53. The molecule has 2 rings (SSSR count). The van der Waals surface area contributed by atoms with Gasteiger partial charge in [-0.1, -0.05) is 0 Å². The summed E-state index contributed by atoms with van der Waals surface area (Å²) in [5, 5.41) is 9.55. The summed E-state index contributed by atoms with van der Waals surface area (Å²) in [6.45, 7) is 0. The Labute approximate surface area is 90.4 Å². The molecule has 0 amide bonds.